The predicted octanol–water partition coefficient (Wildman–Crippen LogP) is 3.06. The minimum Gasteiger partial charge on any atom is -0.393 e. The van der Waals surface area contributed by atoms with Gasteiger partial charge in [0.25, 0.3) is 0 Å². The van der Waals surface area contributed by atoms with Gasteiger partial charge in [0.05, 0.1) is 11.1 Å². The molecule has 0 saturated carbocycles. The summed E-state index contributed by atoms with van der Waals surface area (Å²) in [6.07, 6.45) is 0.286. The highest BCUT2D eigenvalue weighted by Gasteiger charge is 2.14. The number of hydrogen-bond donors (Lipinski definition) is 1. The van der Waals surface area contributed by atoms with Crippen LogP contribution in [0.4, 0.5) is 4.39 Å². The van der Waals surface area contributed by atoms with Crippen LogP contribution in [-0.2, 0) is 11.2 Å². The Morgan fingerprint density at radius 2 is 2.18 bits per heavy atom. The van der Waals surface area contributed by atoms with Gasteiger partial charge in [-0.25, -0.2) is 4.39 Å². The lowest BCUT2D eigenvalue weighted by atomic mass is 9.99. The summed E-state index contributed by atoms with van der Waals surface area (Å²) in [5.74, 6) is -0.190. The van der Waals surface area contributed by atoms with Crippen molar-refractivity contribution in [2.45, 2.75) is 25.9 Å². The number of aliphatic hydroxyl groups is 1. The molecule has 0 amide bonds. The van der Waals surface area contributed by atoms with Crippen LogP contribution in [0.1, 0.15) is 18.9 Å². The number of ether oxygens (including phenoxy) is 1. The van der Waals surface area contributed by atoms with Crippen LogP contribution in [0.15, 0.2) is 18.2 Å². The Bertz CT molecular complexity index is 357. The molecule has 1 aromatic rings. The molecule has 0 spiro atoms. The van der Waals surface area contributed by atoms with Crippen LogP contribution in [0.25, 0.3) is 0 Å². The lowest BCUT2D eigenvalue weighted by molar-refractivity contribution is 0.101. The number of halogens is 2. The van der Waals surface area contributed by atoms with Gasteiger partial charge in [-0.05, 0) is 24.0 Å². The van der Waals surface area contributed by atoms with E-state index in [1.165, 1.54) is 6.07 Å². The van der Waals surface area contributed by atoms with Crippen molar-refractivity contribution in [3.8, 4) is 0 Å². The minimum atomic E-state index is -0.576. The van der Waals surface area contributed by atoms with Crippen LogP contribution in [0.2, 0.25) is 5.02 Å². The van der Waals surface area contributed by atoms with E-state index in [0.29, 0.717) is 18.6 Å². The molecule has 0 fully saturated rings. The maximum absolute atomic E-state index is 13.6. The van der Waals surface area contributed by atoms with E-state index < -0.39 is 11.9 Å². The fraction of sp³-hybridized carbons (Fsp3) is 0.538. The van der Waals surface area contributed by atoms with Gasteiger partial charge in [0.15, 0.2) is 0 Å². The van der Waals surface area contributed by atoms with Crippen molar-refractivity contribution in [3.05, 3.63) is 34.6 Å². The Hall–Kier alpha value is -0.640. The van der Waals surface area contributed by atoms with Crippen molar-refractivity contribution in [2.75, 3.05) is 13.7 Å². The molecule has 17 heavy (non-hydrogen) atoms. The van der Waals surface area contributed by atoms with Crippen LogP contribution in [0, 0.1) is 11.7 Å². The lowest BCUT2D eigenvalue weighted by Crippen LogP contribution is -2.18. The van der Waals surface area contributed by atoms with Gasteiger partial charge >= 0.3 is 0 Å². The molecule has 1 rings (SSSR count). The second kappa shape index (κ2) is 6.94. The van der Waals surface area contributed by atoms with E-state index in [1.54, 1.807) is 19.2 Å². The zero-order chi connectivity index (χ0) is 12.8. The van der Waals surface area contributed by atoms with Gasteiger partial charge in [-0.3, -0.25) is 0 Å². The quantitative estimate of drug-likeness (QED) is 0.852. The molecule has 0 aliphatic rings. The van der Waals surface area contributed by atoms with E-state index in [-0.39, 0.29) is 17.4 Å². The molecule has 0 aliphatic heterocycles. The van der Waals surface area contributed by atoms with Crippen molar-refractivity contribution in [3.63, 3.8) is 0 Å². The summed E-state index contributed by atoms with van der Waals surface area (Å²) in [5, 5.41) is 9.95. The Morgan fingerprint density at radius 1 is 1.47 bits per heavy atom. The average Bonchev–Trinajstić information content (AvgIpc) is 2.25. The fourth-order valence-corrected chi connectivity index (χ4v) is 2.05. The van der Waals surface area contributed by atoms with E-state index in [1.807, 2.05) is 6.92 Å². The second-order valence-electron chi connectivity index (χ2n) is 4.37. The highest BCUT2D eigenvalue weighted by Crippen LogP contribution is 2.20. The lowest BCUT2D eigenvalue weighted by Gasteiger charge is -2.16. The molecule has 0 bridgehead atoms. The first-order valence-corrected chi connectivity index (χ1v) is 6.02. The van der Waals surface area contributed by atoms with Crippen LogP contribution in [-0.4, -0.2) is 24.9 Å². The number of hydrogen-bond acceptors (Lipinski definition) is 2. The average molecular weight is 261 g/mol. The number of benzene rings is 1. The summed E-state index contributed by atoms with van der Waals surface area (Å²) in [7, 11) is 1.62. The van der Waals surface area contributed by atoms with Gasteiger partial charge in [-0.1, -0.05) is 30.7 Å². The van der Waals surface area contributed by atoms with Crippen molar-refractivity contribution < 1.29 is 14.2 Å². The maximum Gasteiger partial charge on any atom is 0.145 e. The SMILES string of the molecule is COCC(C)CC(O)Cc1cccc(Cl)c1F. The van der Waals surface area contributed by atoms with Crippen molar-refractivity contribution in [2.24, 2.45) is 5.92 Å². The van der Waals surface area contributed by atoms with Gasteiger partial charge in [-0.15, -0.1) is 0 Å². The van der Waals surface area contributed by atoms with Gasteiger partial charge < -0.3 is 9.84 Å². The van der Waals surface area contributed by atoms with E-state index >= 15 is 0 Å². The molecule has 4 heteroatoms. The first-order chi connectivity index (χ1) is 8.04. The Balaban J connectivity index is 2.56. The molecule has 2 nitrogen and oxygen atoms in total. The normalized spacial score (nSPS) is 14.6. The third-order valence-electron chi connectivity index (χ3n) is 2.61. The van der Waals surface area contributed by atoms with Crippen LogP contribution < -0.4 is 0 Å². The van der Waals surface area contributed by atoms with Crippen LogP contribution in [0.5, 0.6) is 0 Å². The largest absolute Gasteiger partial charge is 0.393 e. The number of methoxy groups -OCH3 is 1. The molecule has 0 aromatic heterocycles. The molecule has 0 radical (unpaired) electrons. The zero-order valence-corrected chi connectivity index (χ0v) is 10.9. The predicted molar refractivity (Wildman–Crippen MR) is 66.8 cm³/mol. The summed E-state index contributed by atoms with van der Waals surface area (Å²) in [5.41, 5.74) is 0.453. The van der Waals surface area contributed by atoms with Gasteiger partial charge in [0, 0.05) is 20.1 Å². The molecule has 0 aliphatic carbocycles. The van der Waals surface area contributed by atoms with E-state index in [9.17, 15) is 9.50 Å². The smallest absolute Gasteiger partial charge is 0.145 e. The molecular formula is C13H18ClFO2. The maximum atomic E-state index is 13.6. The Kier molecular flexibility index (Phi) is 5.89. The molecule has 0 heterocycles. The van der Waals surface area contributed by atoms with Gasteiger partial charge in [-0.2, -0.15) is 0 Å². The first kappa shape index (κ1) is 14.4. The summed E-state index contributed by atoms with van der Waals surface area (Å²) in [6, 6.07) is 4.83. The summed E-state index contributed by atoms with van der Waals surface area (Å²) >= 11 is 5.68. The third kappa shape index (κ3) is 4.62. The molecule has 1 N–H and O–H groups in total. The van der Waals surface area contributed by atoms with Crippen molar-refractivity contribution in [1.29, 1.82) is 0 Å². The number of aliphatic hydroxyl groups excluding tert-OH is 1. The van der Waals surface area contributed by atoms with E-state index in [0.717, 1.165) is 0 Å². The number of rotatable bonds is 6. The van der Waals surface area contributed by atoms with Gasteiger partial charge in [0.2, 0.25) is 0 Å². The van der Waals surface area contributed by atoms with E-state index in [4.69, 9.17) is 16.3 Å². The zero-order valence-electron chi connectivity index (χ0n) is 10.1. The molecular weight excluding hydrogens is 243 g/mol. The molecule has 1 aromatic carbocycles. The van der Waals surface area contributed by atoms with E-state index in [2.05, 4.69) is 0 Å². The topological polar surface area (TPSA) is 29.5 Å². The highest BCUT2D eigenvalue weighted by molar-refractivity contribution is 6.30. The molecule has 2 atom stereocenters. The second-order valence-corrected chi connectivity index (χ2v) is 4.77. The Labute approximate surface area is 106 Å². The molecule has 2 unspecified atom stereocenters. The first-order valence-electron chi connectivity index (χ1n) is 5.64. The molecule has 0 saturated heterocycles. The van der Waals surface area contributed by atoms with Crippen LogP contribution >= 0.6 is 11.6 Å². The minimum absolute atomic E-state index is 0.0969. The van der Waals surface area contributed by atoms with Crippen molar-refractivity contribution >= 4 is 11.6 Å². The summed E-state index contributed by atoms with van der Waals surface area (Å²) in [4.78, 5) is 0. The van der Waals surface area contributed by atoms with Crippen LogP contribution in [0.3, 0.4) is 0 Å². The standard InChI is InChI=1S/C13H18ClFO2/c1-9(8-17-2)6-11(16)7-10-4-3-5-12(14)13(10)15/h3-5,9,11,16H,6-8H2,1-2H3. The Morgan fingerprint density at radius 3 is 2.82 bits per heavy atom. The summed E-state index contributed by atoms with van der Waals surface area (Å²) in [6.45, 7) is 2.58. The highest BCUT2D eigenvalue weighted by atomic mass is 35.5. The monoisotopic (exact) mass is 260 g/mol. The fourth-order valence-electron chi connectivity index (χ4n) is 1.86. The summed E-state index contributed by atoms with van der Waals surface area (Å²) < 4.78 is 18.6. The van der Waals surface area contributed by atoms with Gasteiger partial charge in [0.1, 0.15) is 5.82 Å². The van der Waals surface area contributed by atoms with Crippen molar-refractivity contribution in [1.82, 2.24) is 0 Å². The third-order valence-corrected chi connectivity index (χ3v) is 2.90. The molecule has 96 valence electrons.